The zero-order valence-corrected chi connectivity index (χ0v) is 13.3. The van der Waals surface area contributed by atoms with Crippen molar-refractivity contribution < 1.29 is 0 Å². The van der Waals surface area contributed by atoms with Crippen LogP contribution in [0.5, 0.6) is 0 Å². The first kappa shape index (κ1) is 15.8. The van der Waals surface area contributed by atoms with E-state index in [0.717, 1.165) is 11.5 Å². The molecule has 1 aromatic rings. The minimum absolute atomic E-state index is 0.750. The number of rotatable bonds is 7. The molecule has 0 heterocycles. The van der Waals surface area contributed by atoms with Gasteiger partial charge in [0.15, 0.2) is 0 Å². The summed E-state index contributed by atoms with van der Waals surface area (Å²) in [6.45, 7) is 2.27. The van der Waals surface area contributed by atoms with Crippen LogP contribution in [0.3, 0.4) is 0 Å². The average molecular weight is 281 g/mol. The molecule has 1 heteroatoms. The number of benzene rings is 1. The lowest BCUT2D eigenvalue weighted by atomic mass is 9.84. The molecule has 1 aromatic carbocycles. The molecule has 112 valence electrons. The van der Waals surface area contributed by atoms with Crippen LogP contribution in [0.4, 0.5) is 0 Å². The standard InChI is InChI=1S/C20H27N/c1-2-3-4-5-6-7-17-8-12-19(13-9-17)20-14-10-18(16-21)11-15-20/h10-12,14-15,17H,2-9,13H2,1H3. The average Bonchev–Trinajstić information content (AvgIpc) is 2.55. The highest BCUT2D eigenvalue weighted by molar-refractivity contribution is 5.66. The quantitative estimate of drug-likeness (QED) is 0.554. The van der Waals surface area contributed by atoms with Crippen LogP contribution < -0.4 is 0 Å². The minimum atomic E-state index is 0.750. The highest BCUT2D eigenvalue weighted by Crippen LogP contribution is 2.32. The summed E-state index contributed by atoms with van der Waals surface area (Å²) < 4.78 is 0. The Balaban J connectivity index is 1.77. The summed E-state index contributed by atoms with van der Waals surface area (Å²) in [4.78, 5) is 0. The number of hydrogen-bond donors (Lipinski definition) is 0. The lowest BCUT2D eigenvalue weighted by molar-refractivity contribution is 0.423. The van der Waals surface area contributed by atoms with Crippen LogP contribution in [0.1, 0.15) is 75.8 Å². The van der Waals surface area contributed by atoms with Gasteiger partial charge in [-0.3, -0.25) is 0 Å². The second-order valence-corrected chi connectivity index (χ2v) is 6.26. The predicted molar refractivity (Wildman–Crippen MR) is 89.9 cm³/mol. The second-order valence-electron chi connectivity index (χ2n) is 6.26. The van der Waals surface area contributed by atoms with Crippen LogP contribution in [-0.4, -0.2) is 0 Å². The zero-order valence-electron chi connectivity index (χ0n) is 13.3. The summed E-state index contributed by atoms with van der Waals surface area (Å²) in [5, 5.41) is 8.85. The number of nitriles is 1. The number of nitrogens with zero attached hydrogens (tertiary/aromatic N) is 1. The van der Waals surface area contributed by atoms with E-state index in [1.54, 1.807) is 0 Å². The van der Waals surface area contributed by atoms with Crippen molar-refractivity contribution in [2.24, 2.45) is 5.92 Å². The van der Waals surface area contributed by atoms with Crippen molar-refractivity contribution in [1.29, 1.82) is 5.26 Å². The van der Waals surface area contributed by atoms with Gasteiger partial charge in [-0.05, 0) is 48.4 Å². The summed E-state index contributed by atoms with van der Waals surface area (Å²) >= 11 is 0. The molecule has 21 heavy (non-hydrogen) atoms. The second kappa shape index (κ2) is 8.67. The van der Waals surface area contributed by atoms with Crippen molar-refractivity contribution >= 4 is 5.57 Å². The molecule has 0 amide bonds. The Morgan fingerprint density at radius 2 is 1.86 bits per heavy atom. The molecule has 0 aliphatic heterocycles. The molecule has 0 aromatic heterocycles. The Hall–Kier alpha value is -1.55. The molecule has 2 rings (SSSR count). The molecule has 1 nitrogen and oxygen atoms in total. The first-order chi connectivity index (χ1) is 10.3. The maximum atomic E-state index is 8.85. The molecule has 0 saturated carbocycles. The van der Waals surface area contributed by atoms with Gasteiger partial charge in [-0.1, -0.05) is 63.7 Å². The number of allylic oxidation sites excluding steroid dienone is 2. The Morgan fingerprint density at radius 1 is 1.10 bits per heavy atom. The summed E-state index contributed by atoms with van der Waals surface area (Å²) in [5.41, 5.74) is 3.53. The van der Waals surface area contributed by atoms with E-state index in [1.807, 2.05) is 12.1 Å². The molecule has 1 atom stereocenters. The molecule has 1 aliphatic carbocycles. The van der Waals surface area contributed by atoms with Gasteiger partial charge in [0.1, 0.15) is 0 Å². The maximum absolute atomic E-state index is 8.85. The smallest absolute Gasteiger partial charge is 0.0991 e. The van der Waals surface area contributed by atoms with Crippen LogP contribution in [0.2, 0.25) is 0 Å². The first-order valence-electron chi connectivity index (χ1n) is 8.53. The molecule has 0 fully saturated rings. The van der Waals surface area contributed by atoms with E-state index in [4.69, 9.17) is 5.26 Å². The molecule has 0 bridgehead atoms. The van der Waals surface area contributed by atoms with Crippen LogP contribution in [0.25, 0.3) is 5.57 Å². The third kappa shape index (κ3) is 5.05. The number of hydrogen-bond acceptors (Lipinski definition) is 1. The molecular weight excluding hydrogens is 254 g/mol. The van der Waals surface area contributed by atoms with E-state index in [9.17, 15) is 0 Å². The molecule has 0 N–H and O–H groups in total. The lowest BCUT2D eigenvalue weighted by Gasteiger charge is -2.22. The molecule has 1 aliphatic rings. The minimum Gasteiger partial charge on any atom is -0.192 e. The first-order valence-corrected chi connectivity index (χ1v) is 8.53. The normalized spacial score (nSPS) is 18.1. The Kier molecular flexibility index (Phi) is 6.54. The van der Waals surface area contributed by atoms with Crippen LogP contribution in [0, 0.1) is 17.2 Å². The fourth-order valence-corrected chi connectivity index (χ4v) is 3.21. The summed E-state index contributed by atoms with van der Waals surface area (Å²) in [5.74, 6) is 0.897. The van der Waals surface area contributed by atoms with Gasteiger partial charge in [-0.15, -0.1) is 0 Å². The van der Waals surface area contributed by atoms with Gasteiger partial charge < -0.3 is 0 Å². The summed E-state index contributed by atoms with van der Waals surface area (Å²) in [6, 6.07) is 10.2. The van der Waals surface area contributed by atoms with Gasteiger partial charge >= 0.3 is 0 Å². The molecule has 0 radical (unpaired) electrons. The van der Waals surface area contributed by atoms with Crippen molar-refractivity contribution in [3.63, 3.8) is 0 Å². The van der Waals surface area contributed by atoms with Gasteiger partial charge in [0, 0.05) is 0 Å². The van der Waals surface area contributed by atoms with Gasteiger partial charge in [0.25, 0.3) is 0 Å². The summed E-state index contributed by atoms with van der Waals surface area (Å²) in [6.07, 6.45) is 14.6. The van der Waals surface area contributed by atoms with Crippen molar-refractivity contribution in [3.05, 3.63) is 41.5 Å². The Morgan fingerprint density at radius 3 is 2.48 bits per heavy atom. The fourth-order valence-electron chi connectivity index (χ4n) is 3.21. The van der Waals surface area contributed by atoms with Crippen molar-refractivity contribution in [1.82, 2.24) is 0 Å². The zero-order chi connectivity index (χ0) is 14.9. The molecule has 0 spiro atoms. The summed E-state index contributed by atoms with van der Waals surface area (Å²) in [7, 11) is 0. The predicted octanol–water partition coefficient (Wildman–Crippen LogP) is 6.10. The lowest BCUT2D eigenvalue weighted by Crippen LogP contribution is -2.05. The van der Waals surface area contributed by atoms with E-state index < -0.39 is 0 Å². The SMILES string of the molecule is CCCCCCCC1CC=C(c2ccc(C#N)cc2)CC1. The van der Waals surface area contributed by atoms with E-state index in [2.05, 4.69) is 31.2 Å². The number of unbranched alkanes of at least 4 members (excludes halogenated alkanes) is 4. The third-order valence-electron chi connectivity index (χ3n) is 4.62. The molecule has 1 unspecified atom stereocenters. The van der Waals surface area contributed by atoms with Crippen molar-refractivity contribution in [2.75, 3.05) is 0 Å². The Bertz CT molecular complexity index is 490. The van der Waals surface area contributed by atoms with E-state index in [0.29, 0.717) is 0 Å². The largest absolute Gasteiger partial charge is 0.192 e. The Labute approximate surface area is 129 Å². The monoisotopic (exact) mass is 281 g/mol. The topological polar surface area (TPSA) is 23.8 Å². The van der Waals surface area contributed by atoms with E-state index in [-0.39, 0.29) is 0 Å². The molecule has 0 saturated heterocycles. The maximum Gasteiger partial charge on any atom is 0.0991 e. The van der Waals surface area contributed by atoms with Gasteiger partial charge in [0.2, 0.25) is 0 Å². The molecular formula is C20H27N. The van der Waals surface area contributed by atoms with Gasteiger partial charge in [0.05, 0.1) is 11.6 Å². The van der Waals surface area contributed by atoms with E-state index >= 15 is 0 Å². The highest BCUT2D eigenvalue weighted by Gasteiger charge is 2.15. The third-order valence-corrected chi connectivity index (χ3v) is 4.62. The fraction of sp³-hybridized carbons (Fsp3) is 0.550. The van der Waals surface area contributed by atoms with Crippen LogP contribution >= 0.6 is 0 Å². The van der Waals surface area contributed by atoms with Crippen molar-refractivity contribution in [2.45, 2.75) is 64.7 Å². The van der Waals surface area contributed by atoms with Crippen LogP contribution in [-0.2, 0) is 0 Å². The van der Waals surface area contributed by atoms with Gasteiger partial charge in [-0.2, -0.15) is 5.26 Å². The van der Waals surface area contributed by atoms with Crippen LogP contribution in [0.15, 0.2) is 30.3 Å². The van der Waals surface area contributed by atoms with Gasteiger partial charge in [-0.25, -0.2) is 0 Å². The highest BCUT2D eigenvalue weighted by atomic mass is 14.2. The van der Waals surface area contributed by atoms with E-state index in [1.165, 1.54) is 68.9 Å². The van der Waals surface area contributed by atoms with Crippen molar-refractivity contribution in [3.8, 4) is 6.07 Å².